The molecule has 5 nitrogen and oxygen atoms in total. The number of carbonyl (C=O) groups excluding carboxylic acids is 1. The fraction of sp³-hybridized carbons (Fsp3) is 0.357. The molecule has 2 N–H and O–H groups in total. The Hall–Kier alpha value is -2.17. The molecule has 0 aliphatic heterocycles. The summed E-state index contributed by atoms with van der Waals surface area (Å²) in [6.45, 7) is 2.10. The number of rotatable bonds is 6. The lowest BCUT2D eigenvalue weighted by atomic mass is 10.1. The number of hydrogen-bond acceptors (Lipinski definition) is 3. The van der Waals surface area contributed by atoms with Crippen LogP contribution in [-0.2, 0) is 17.6 Å². The van der Waals surface area contributed by atoms with Gasteiger partial charge in [-0.15, -0.1) is 0 Å². The monoisotopic (exact) mass is 258 g/mol. The summed E-state index contributed by atoms with van der Waals surface area (Å²) in [5.74, 6) is 0.578. The molecule has 0 saturated carbocycles. The van der Waals surface area contributed by atoms with Crippen LogP contribution in [0.15, 0.2) is 30.6 Å². The Kier molecular flexibility index (Phi) is 4.66. The number of carbonyl (C=O) groups is 1. The van der Waals surface area contributed by atoms with Gasteiger partial charge in [-0.25, -0.2) is 0 Å². The summed E-state index contributed by atoms with van der Waals surface area (Å²) in [6, 6.07) is 5.72. The van der Waals surface area contributed by atoms with Crippen LogP contribution >= 0.6 is 0 Å². The maximum absolute atomic E-state index is 11.8. The average Bonchev–Trinajstić information content (AvgIpc) is 2.85. The number of aromatic nitrogens is 3. The summed E-state index contributed by atoms with van der Waals surface area (Å²) in [5.41, 5.74) is 2.16. The van der Waals surface area contributed by atoms with E-state index >= 15 is 0 Å². The molecule has 1 amide bonds. The third kappa shape index (κ3) is 4.21. The van der Waals surface area contributed by atoms with Crippen LogP contribution in [0.5, 0.6) is 0 Å². The minimum atomic E-state index is -0.0219. The molecule has 0 spiro atoms. The molecule has 100 valence electrons. The quantitative estimate of drug-likeness (QED) is 0.835. The lowest BCUT2D eigenvalue weighted by molar-refractivity contribution is -0.116. The van der Waals surface area contributed by atoms with Gasteiger partial charge in [0.25, 0.3) is 0 Å². The fourth-order valence-corrected chi connectivity index (χ4v) is 1.84. The molecule has 0 aromatic carbocycles. The zero-order valence-electron chi connectivity index (χ0n) is 11.0. The van der Waals surface area contributed by atoms with Crippen molar-refractivity contribution in [3.05, 3.63) is 41.9 Å². The Bertz CT molecular complexity index is 521. The topological polar surface area (TPSA) is 70.7 Å². The van der Waals surface area contributed by atoms with E-state index in [9.17, 15) is 4.79 Å². The van der Waals surface area contributed by atoms with Gasteiger partial charge in [-0.05, 0) is 30.5 Å². The van der Waals surface area contributed by atoms with E-state index < -0.39 is 0 Å². The van der Waals surface area contributed by atoms with Gasteiger partial charge in [0, 0.05) is 30.6 Å². The molecule has 5 heteroatoms. The number of aromatic amines is 1. The van der Waals surface area contributed by atoms with Gasteiger partial charge in [-0.1, -0.05) is 13.3 Å². The van der Waals surface area contributed by atoms with Crippen LogP contribution in [0.3, 0.4) is 0 Å². The summed E-state index contributed by atoms with van der Waals surface area (Å²) >= 11 is 0. The third-order valence-corrected chi connectivity index (χ3v) is 2.81. The first-order valence-corrected chi connectivity index (χ1v) is 6.51. The van der Waals surface area contributed by atoms with Crippen molar-refractivity contribution in [1.82, 2.24) is 15.2 Å². The Morgan fingerprint density at radius 1 is 1.32 bits per heavy atom. The minimum Gasteiger partial charge on any atom is -0.309 e. The second-order valence-corrected chi connectivity index (χ2v) is 4.43. The summed E-state index contributed by atoms with van der Waals surface area (Å²) in [4.78, 5) is 15.7. The lowest BCUT2D eigenvalue weighted by Crippen LogP contribution is -2.12. The molecule has 2 aromatic rings. The highest BCUT2D eigenvalue weighted by molar-refractivity contribution is 5.89. The second kappa shape index (κ2) is 6.68. The molecule has 19 heavy (non-hydrogen) atoms. The van der Waals surface area contributed by atoms with Crippen molar-refractivity contribution in [3.63, 3.8) is 0 Å². The number of nitrogens with one attached hydrogen (secondary N) is 2. The summed E-state index contributed by atoms with van der Waals surface area (Å²) < 4.78 is 0. The SMILES string of the molecule is CCCc1cc(NC(=O)CCc2ccncc2)n[nH]1. The third-order valence-electron chi connectivity index (χ3n) is 2.81. The number of pyridine rings is 1. The van der Waals surface area contributed by atoms with E-state index in [1.165, 1.54) is 0 Å². The summed E-state index contributed by atoms with van der Waals surface area (Å²) in [5, 5.41) is 9.77. The van der Waals surface area contributed by atoms with Gasteiger partial charge in [-0.2, -0.15) is 5.10 Å². The van der Waals surface area contributed by atoms with Gasteiger partial charge in [0.15, 0.2) is 5.82 Å². The largest absolute Gasteiger partial charge is 0.309 e. The second-order valence-electron chi connectivity index (χ2n) is 4.43. The zero-order valence-corrected chi connectivity index (χ0v) is 11.0. The Balaban J connectivity index is 1.80. The van der Waals surface area contributed by atoms with Crippen LogP contribution in [0.2, 0.25) is 0 Å². The number of hydrogen-bond donors (Lipinski definition) is 2. The van der Waals surface area contributed by atoms with Crippen LogP contribution in [0.4, 0.5) is 5.82 Å². The predicted octanol–water partition coefficient (Wildman–Crippen LogP) is 2.33. The molecular formula is C14H18N4O. The van der Waals surface area contributed by atoms with Gasteiger partial charge in [-0.3, -0.25) is 14.9 Å². The van der Waals surface area contributed by atoms with Crippen LogP contribution in [-0.4, -0.2) is 21.1 Å². The molecule has 0 bridgehead atoms. The van der Waals surface area contributed by atoms with Crippen molar-refractivity contribution >= 4 is 11.7 Å². The van der Waals surface area contributed by atoms with E-state index in [2.05, 4.69) is 27.4 Å². The number of anilines is 1. The number of aryl methyl sites for hydroxylation is 2. The molecule has 0 saturated heterocycles. The Morgan fingerprint density at radius 3 is 2.84 bits per heavy atom. The molecule has 0 aliphatic carbocycles. The van der Waals surface area contributed by atoms with E-state index in [4.69, 9.17) is 0 Å². The minimum absolute atomic E-state index is 0.0219. The predicted molar refractivity (Wildman–Crippen MR) is 73.8 cm³/mol. The van der Waals surface area contributed by atoms with E-state index in [1.54, 1.807) is 12.4 Å². The first-order chi connectivity index (χ1) is 9.28. The molecule has 0 atom stereocenters. The summed E-state index contributed by atoms with van der Waals surface area (Å²) in [7, 11) is 0. The van der Waals surface area contributed by atoms with Crippen molar-refractivity contribution in [2.75, 3.05) is 5.32 Å². The first-order valence-electron chi connectivity index (χ1n) is 6.51. The van der Waals surface area contributed by atoms with Gasteiger partial charge in [0.2, 0.25) is 5.91 Å². The molecule has 0 aliphatic rings. The van der Waals surface area contributed by atoms with Crippen molar-refractivity contribution < 1.29 is 4.79 Å². The van der Waals surface area contributed by atoms with E-state index in [0.29, 0.717) is 18.7 Å². The van der Waals surface area contributed by atoms with Crippen molar-refractivity contribution in [3.8, 4) is 0 Å². The Labute approximate surface area is 112 Å². The van der Waals surface area contributed by atoms with Crippen LogP contribution < -0.4 is 5.32 Å². The van der Waals surface area contributed by atoms with Crippen LogP contribution in [0.25, 0.3) is 0 Å². The van der Waals surface area contributed by atoms with E-state index in [0.717, 1.165) is 24.1 Å². The van der Waals surface area contributed by atoms with Crippen LogP contribution in [0, 0.1) is 0 Å². The molecule has 0 unspecified atom stereocenters. The standard InChI is InChI=1S/C14H18N4O/c1-2-3-12-10-13(18-17-12)16-14(19)5-4-11-6-8-15-9-7-11/h6-10H,2-5H2,1H3,(H2,16,17,18,19). The maximum Gasteiger partial charge on any atom is 0.225 e. The zero-order chi connectivity index (χ0) is 13.5. The smallest absolute Gasteiger partial charge is 0.225 e. The van der Waals surface area contributed by atoms with Gasteiger partial charge in [0.1, 0.15) is 0 Å². The number of H-pyrrole nitrogens is 1. The molecule has 2 heterocycles. The molecule has 0 radical (unpaired) electrons. The molecular weight excluding hydrogens is 240 g/mol. The van der Waals surface area contributed by atoms with E-state index in [1.807, 2.05) is 18.2 Å². The average molecular weight is 258 g/mol. The first kappa shape index (κ1) is 13.3. The Morgan fingerprint density at radius 2 is 2.11 bits per heavy atom. The fourth-order valence-electron chi connectivity index (χ4n) is 1.84. The van der Waals surface area contributed by atoms with Crippen molar-refractivity contribution in [1.29, 1.82) is 0 Å². The molecule has 0 fully saturated rings. The van der Waals surface area contributed by atoms with Crippen LogP contribution in [0.1, 0.15) is 31.0 Å². The highest BCUT2D eigenvalue weighted by Gasteiger charge is 2.06. The number of amides is 1. The van der Waals surface area contributed by atoms with E-state index in [-0.39, 0.29) is 5.91 Å². The van der Waals surface area contributed by atoms with Gasteiger partial charge in [0.05, 0.1) is 0 Å². The summed E-state index contributed by atoms with van der Waals surface area (Å²) in [6.07, 6.45) is 6.62. The van der Waals surface area contributed by atoms with Gasteiger partial charge < -0.3 is 5.32 Å². The molecule has 2 rings (SSSR count). The van der Waals surface area contributed by atoms with Crippen molar-refractivity contribution in [2.45, 2.75) is 32.6 Å². The normalized spacial score (nSPS) is 10.4. The van der Waals surface area contributed by atoms with Crippen molar-refractivity contribution in [2.24, 2.45) is 0 Å². The molecule has 2 aromatic heterocycles. The maximum atomic E-state index is 11.8. The lowest BCUT2D eigenvalue weighted by Gasteiger charge is -2.01. The highest BCUT2D eigenvalue weighted by Crippen LogP contribution is 2.08. The number of nitrogens with zero attached hydrogens (tertiary/aromatic N) is 2. The highest BCUT2D eigenvalue weighted by atomic mass is 16.1. The van der Waals surface area contributed by atoms with Gasteiger partial charge >= 0.3 is 0 Å².